The van der Waals surface area contributed by atoms with Crippen molar-refractivity contribution < 1.29 is 4.42 Å². The molecule has 3 rings (SSSR count). The summed E-state index contributed by atoms with van der Waals surface area (Å²) < 4.78 is 5.71. The van der Waals surface area contributed by atoms with E-state index >= 15 is 0 Å². The molecule has 1 aromatic heterocycles. The van der Waals surface area contributed by atoms with Gasteiger partial charge >= 0.3 is 0 Å². The molecule has 2 aliphatic rings. The monoisotopic (exact) mass is 249 g/mol. The maximum Gasteiger partial charge on any atom is 0.208 e. The van der Waals surface area contributed by atoms with Gasteiger partial charge in [-0.05, 0) is 46.1 Å². The lowest BCUT2D eigenvalue weighted by atomic mass is 10.2. The van der Waals surface area contributed by atoms with Crippen LogP contribution in [-0.4, -0.2) is 35.1 Å². The molecule has 18 heavy (non-hydrogen) atoms. The summed E-state index contributed by atoms with van der Waals surface area (Å²) in [5.41, 5.74) is 1.03. The molecule has 1 saturated carbocycles. The number of hydrogen-bond donors (Lipinski definition) is 1. The van der Waals surface area contributed by atoms with E-state index in [1.165, 1.54) is 32.2 Å². The third-order valence-corrected chi connectivity index (χ3v) is 4.09. The van der Waals surface area contributed by atoms with Crippen LogP contribution in [0.2, 0.25) is 0 Å². The molecule has 1 unspecified atom stereocenters. The van der Waals surface area contributed by atoms with Crippen molar-refractivity contribution in [3.05, 3.63) is 17.3 Å². The van der Waals surface area contributed by atoms with Gasteiger partial charge in [0.2, 0.25) is 5.89 Å². The number of rotatable bonds is 5. The standard InChI is InChI=1S/C14H23N3O/c1-10-11(2)18-14(16-10)9-17(13-5-6-13)8-12-4-3-7-15-12/h12-13,15H,3-9H2,1-2H3. The van der Waals surface area contributed by atoms with Crippen molar-refractivity contribution in [1.29, 1.82) is 0 Å². The maximum absolute atomic E-state index is 5.71. The van der Waals surface area contributed by atoms with Crippen LogP contribution in [0.5, 0.6) is 0 Å². The quantitative estimate of drug-likeness (QED) is 0.866. The Hall–Kier alpha value is -0.870. The Balaban J connectivity index is 1.62. The van der Waals surface area contributed by atoms with Crippen LogP contribution in [0.15, 0.2) is 4.42 Å². The van der Waals surface area contributed by atoms with E-state index in [0.29, 0.717) is 6.04 Å². The van der Waals surface area contributed by atoms with Crippen molar-refractivity contribution in [2.24, 2.45) is 0 Å². The van der Waals surface area contributed by atoms with Crippen LogP contribution >= 0.6 is 0 Å². The summed E-state index contributed by atoms with van der Waals surface area (Å²) in [4.78, 5) is 7.06. The first-order valence-corrected chi connectivity index (χ1v) is 7.12. The van der Waals surface area contributed by atoms with E-state index in [9.17, 15) is 0 Å². The van der Waals surface area contributed by atoms with E-state index in [1.54, 1.807) is 0 Å². The van der Waals surface area contributed by atoms with E-state index < -0.39 is 0 Å². The lowest BCUT2D eigenvalue weighted by Gasteiger charge is -2.24. The van der Waals surface area contributed by atoms with Crippen LogP contribution in [0.3, 0.4) is 0 Å². The van der Waals surface area contributed by atoms with Crippen LogP contribution in [0.4, 0.5) is 0 Å². The predicted octanol–water partition coefficient (Wildman–Crippen LogP) is 2.01. The second-order valence-corrected chi connectivity index (χ2v) is 5.70. The van der Waals surface area contributed by atoms with Crippen LogP contribution in [0.1, 0.15) is 43.0 Å². The van der Waals surface area contributed by atoms with Gasteiger partial charge in [-0.3, -0.25) is 4.90 Å². The third kappa shape index (κ3) is 2.75. The molecule has 1 aromatic rings. The van der Waals surface area contributed by atoms with E-state index in [0.717, 1.165) is 36.5 Å². The van der Waals surface area contributed by atoms with E-state index in [1.807, 2.05) is 13.8 Å². The summed E-state index contributed by atoms with van der Waals surface area (Å²) in [7, 11) is 0. The summed E-state index contributed by atoms with van der Waals surface area (Å²) >= 11 is 0. The van der Waals surface area contributed by atoms with Gasteiger partial charge in [-0.25, -0.2) is 4.98 Å². The minimum absolute atomic E-state index is 0.669. The van der Waals surface area contributed by atoms with Gasteiger partial charge in [0.25, 0.3) is 0 Å². The number of oxazole rings is 1. The van der Waals surface area contributed by atoms with Crippen molar-refractivity contribution in [1.82, 2.24) is 15.2 Å². The molecule has 100 valence electrons. The molecular weight excluding hydrogens is 226 g/mol. The molecule has 1 N–H and O–H groups in total. The van der Waals surface area contributed by atoms with Gasteiger partial charge in [0.05, 0.1) is 12.2 Å². The molecule has 1 aliphatic carbocycles. The summed E-state index contributed by atoms with van der Waals surface area (Å²) in [6.45, 7) is 7.21. The number of aromatic nitrogens is 1. The zero-order valence-corrected chi connectivity index (χ0v) is 11.4. The van der Waals surface area contributed by atoms with Crippen molar-refractivity contribution in [3.8, 4) is 0 Å². The Kier molecular flexibility index (Phi) is 3.39. The van der Waals surface area contributed by atoms with Gasteiger partial charge in [0, 0.05) is 18.6 Å². The Morgan fingerprint density at radius 1 is 1.33 bits per heavy atom. The number of aryl methyl sites for hydroxylation is 2. The Labute approximate surface area is 109 Å². The van der Waals surface area contributed by atoms with Crippen LogP contribution in [0, 0.1) is 13.8 Å². The fraction of sp³-hybridized carbons (Fsp3) is 0.786. The molecule has 4 nitrogen and oxygen atoms in total. The van der Waals surface area contributed by atoms with Crippen LogP contribution in [0.25, 0.3) is 0 Å². The van der Waals surface area contributed by atoms with Crippen LogP contribution in [-0.2, 0) is 6.54 Å². The smallest absolute Gasteiger partial charge is 0.208 e. The van der Waals surface area contributed by atoms with E-state index in [2.05, 4.69) is 15.2 Å². The van der Waals surface area contributed by atoms with Gasteiger partial charge in [-0.2, -0.15) is 0 Å². The molecule has 0 aromatic carbocycles. The van der Waals surface area contributed by atoms with Gasteiger partial charge < -0.3 is 9.73 Å². The summed E-state index contributed by atoms with van der Waals surface area (Å²) in [6.07, 6.45) is 5.31. The normalized spacial score (nSPS) is 24.1. The first kappa shape index (κ1) is 12.2. The lowest BCUT2D eigenvalue weighted by Crippen LogP contribution is -2.38. The van der Waals surface area contributed by atoms with Crippen molar-refractivity contribution in [2.75, 3.05) is 13.1 Å². The van der Waals surface area contributed by atoms with Gasteiger partial charge in [0.1, 0.15) is 5.76 Å². The molecule has 0 bridgehead atoms. The fourth-order valence-corrected chi connectivity index (χ4v) is 2.76. The molecule has 4 heteroatoms. The fourth-order valence-electron chi connectivity index (χ4n) is 2.76. The highest BCUT2D eigenvalue weighted by molar-refractivity contribution is 5.05. The first-order valence-electron chi connectivity index (χ1n) is 7.12. The average molecular weight is 249 g/mol. The van der Waals surface area contributed by atoms with Gasteiger partial charge in [-0.1, -0.05) is 0 Å². The SMILES string of the molecule is Cc1nc(CN(CC2CCCN2)C2CC2)oc1C. The summed E-state index contributed by atoms with van der Waals surface area (Å²) in [6, 6.07) is 1.43. The van der Waals surface area contributed by atoms with Gasteiger partial charge in [0.15, 0.2) is 0 Å². The highest BCUT2D eigenvalue weighted by atomic mass is 16.4. The maximum atomic E-state index is 5.71. The average Bonchev–Trinajstić information content (AvgIpc) is 2.98. The number of nitrogens with zero attached hydrogens (tertiary/aromatic N) is 2. The van der Waals surface area contributed by atoms with E-state index in [4.69, 9.17) is 4.42 Å². The predicted molar refractivity (Wildman–Crippen MR) is 70.4 cm³/mol. The minimum Gasteiger partial charge on any atom is -0.444 e. The molecule has 1 atom stereocenters. The number of nitrogens with one attached hydrogen (secondary N) is 1. The third-order valence-electron chi connectivity index (χ3n) is 4.09. The molecule has 2 fully saturated rings. The van der Waals surface area contributed by atoms with Gasteiger partial charge in [-0.15, -0.1) is 0 Å². The summed E-state index contributed by atoms with van der Waals surface area (Å²) in [5.74, 6) is 1.84. The van der Waals surface area contributed by atoms with Crippen LogP contribution < -0.4 is 5.32 Å². The first-order chi connectivity index (χ1) is 8.72. The van der Waals surface area contributed by atoms with E-state index in [-0.39, 0.29) is 0 Å². The second kappa shape index (κ2) is 5.02. The highest BCUT2D eigenvalue weighted by Crippen LogP contribution is 2.29. The molecule has 1 saturated heterocycles. The zero-order valence-electron chi connectivity index (χ0n) is 11.4. The lowest BCUT2D eigenvalue weighted by molar-refractivity contribution is 0.208. The molecular formula is C14H23N3O. The topological polar surface area (TPSA) is 41.3 Å². The summed E-state index contributed by atoms with van der Waals surface area (Å²) in [5, 5.41) is 3.58. The Morgan fingerprint density at radius 2 is 2.17 bits per heavy atom. The second-order valence-electron chi connectivity index (χ2n) is 5.70. The largest absolute Gasteiger partial charge is 0.444 e. The number of hydrogen-bond acceptors (Lipinski definition) is 4. The Morgan fingerprint density at radius 3 is 2.72 bits per heavy atom. The van der Waals surface area contributed by atoms with Crippen molar-refractivity contribution in [3.63, 3.8) is 0 Å². The van der Waals surface area contributed by atoms with Crippen molar-refractivity contribution >= 4 is 0 Å². The molecule has 0 amide bonds. The minimum atomic E-state index is 0.669. The molecule has 1 aliphatic heterocycles. The Bertz CT molecular complexity index is 386. The molecule has 0 radical (unpaired) electrons. The molecule has 2 heterocycles. The highest BCUT2D eigenvalue weighted by Gasteiger charge is 2.32. The molecule has 0 spiro atoms. The zero-order chi connectivity index (χ0) is 12.5. The van der Waals surface area contributed by atoms with Crippen molar-refractivity contribution in [2.45, 2.75) is 58.2 Å².